The lowest BCUT2D eigenvalue weighted by molar-refractivity contribution is -0.146. The molecular formula is C20H22FN3O3. The van der Waals surface area contributed by atoms with Crippen molar-refractivity contribution in [1.82, 2.24) is 14.8 Å². The fourth-order valence-electron chi connectivity index (χ4n) is 4.21. The van der Waals surface area contributed by atoms with Gasteiger partial charge in [0.2, 0.25) is 11.7 Å². The van der Waals surface area contributed by atoms with Gasteiger partial charge in [-0.05, 0) is 32.3 Å². The van der Waals surface area contributed by atoms with Gasteiger partial charge in [0, 0.05) is 31.7 Å². The summed E-state index contributed by atoms with van der Waals surface area (Å²) in [5.74, 6) is -0.269. The number of carbonyl (C=O) groups excluding carboxylic acids is 2. The summed E-state index contributed by atoms with van der Waals surface area (Å²) in [4.78, 5) is 33.3. The van der Waals surface area contributed by atoms with E-state index in [0.29, 0.717) is 37.3 Å². The Morgan fingerprint density at radius 3 is 2.85 bits per heavy atom. The number of rotatable bonds is 3. The van der Waals surface area contributed by atoms with Crippen molar-refractivity contribution in [3.63, 3.8) is 0 Å². The Hall–Kier alpha value is -2.70. The van der Waals surface area contributed by atoms with Crippen molar-refractivity contribution in [2.75, 3.05) is 19.6 Å². The van der Waals surface area contributed by atoms with E-state index in [1.165, 1.54) is 12.5 Å². The van der Waals surface area contributed by atoms with Crippen molar-refractivity contribution in [2.45, 2.75) is 32.7 Å². The first-order chi connectivity index (χ1) is 13.0. The van der Waals surface area contributed by atoms with Gasteiger partial charge in [-0.3, -0.25) is 9.59 Å². The van der Waals surface area contributed by atoms with Crippen LogP contribution in [0.5, 0.6) is 0 Å². The predicted octanol–water partition coefficient (Wildman–Crippen LogP) is 2.78. The monoisotopic (exact) mass is 371 g/mol. The number of amides is 2. The number of halogens is 1. The molecule has 1 atom stereocenters. The molecule has 3 heterocycles. The molecule has 7 heteroatoms. The molecule has 2 aliphatic heterocycles. The Morgan fingerprint density at radius 1 is 1.30 bits per heavy atom. The highest BCUT2D eigenvalue weighted by molar-refractivity contribution is 5.94. The molecule has 0 unspecified atom stereocenters. The van der Waals surface area contributed by atoms with Gasteiger partial charge in [0.05, 0.1) is 11.1 Å². The lowest BCUT2D eigenvalue weighted by atomic mass is 9.78. The number of oxazole rings is 1. The summed E-state index contributed by atoms with van der Waals surface area (Å²) >= 11 is 0. The fraction of sp³-hybridized carbons (Fsp3) is 0.450. The second-order valence-corrected chi connectivity index (χ2v) is 7.45. The second-order valence-electron chi connectivity index (χ2n) is 7.45. The van der Waals surface area contributed by atoms with Crippen LogP contribution in [0, 0.1) is 18.2 Å². The van der Waals surface area contributed by atoms with Crippen LogP contribution in [0.25, 0.3) is 0 Å². The average molecular weight is 371 g/mol. The minimum absolute atomic E-state index is 0.0154. The molecule has 27 heavy (non-hydrogen) atoms. The molecule has 1 aromatic carbocycles. The molecule has 0 saturated carbocycles. The van der Waals surface area contributed by atoms with E-state index in [0.717, 1.165) is 12.8 Å². The summed E-state index contributed by atoms with van der Waals surface area (Å²) < 4.78 is 19.2. The summed E-state index contributed by atoms with van der Waals surface area (Å²) in [6.45, 7) is 3.49. The van der Waals surface area contributed by atoms with Gasteiger partial charge in [-0.25, -0.2) is 9.37 Å². The molecule has 1 aromatic heterocycles. The van der Waals surface area contributed by atoms with E-state index >= 15 is 0 Å². The Balaban J connectivity index is 1.50. The zero-order chi connectivity index (χ0) is 19.0. The molecule has 0 bridgehead atoms. The first kappa shape index (κ1) is 17.7. The van der Waals surface area contributed by atoms with Crippen LogP contribution in [0.4, 0.5) is 4.39 Å². The molecule has 2 amide bonds. The molecule has 0 radical (unpaired) electrons. The number of aryl methyl sites for hydroxylation is 1. The van der Waals surface area contributed by atoms with E-state index < -0.39 is 5.41 Å². The zero-order valence-corrected chi connectivity index (χ0v) is 15.3. The summed E-state index contributed by atoms with van der Waals surface area (Å²) in [5.41, 5.74) is 0.496. The maximum Gasteiger partial charge on any atom is 0.291 e. The largest absolute Gasteiger partial charge is 0.438 e. The maximum absolute atomic E-state index is 14.0. The predicted molar refractivity (Wildman–Crippen MR) is 95.2 cm³/mol. The van der Waals surface area contributed by atoms with Crippen LogP contribution in [0.1, 0.15) is 41.1 Å². The van der Waals surface area contributed by atoms with E-state index in [1.54, 1.807) is 34.9 Å². The zero-order valence-electron chi connectivity index (χ0n) is 15.3. The van der Waals surface area contributed by atoms with Crippen LogP contribution < -0.4 is 0 Å². The lowest BCUT2D eigenvalue weighted by Crippen LogP contribution is -2.50. The van der Waals surface area contributed by atoms with Gasteiger partial charge in [0.15, 0.2) is 6.39 Å². The summed E-state index contributed by atoms with van der Waals surface area (Å²) in [6, 6.07) is 6.54. The molecule has 0 N–H and O–H groups in total. The molecule has 6 nitrogen and oxygen atoms in total. The molecular weight excluding hydrogens is 349 g/mol. The lowest BCUT2D eigenvalue weighted by Gasteiger charge is -2.39. The number of aromatic nitrogens is 1. The average Bonchev–Trinajstić information content (AvgIpc) is 3.28. The normalized spacial score (nSPS) is 22.7. The van der Waals surface area contributed by atoms with Gasteiger partial charge in [-0.1, -0.05) is 18.2 Å². The number of benzene rings is 1. The first-order valence-corrected chi connectivity index (χ1v) is 9.22. The standard InChI is InChI=1S/C20H22FN3O3/c1-14-17(27-13-22-14)18(25)24-10-8-20(12-24)7-4-9-23(19(20)26)11-15-5-2-3-6-16(15)21/h2-3,5-6,13H,4,7-12H2,1H3/t20-/m1/s1. The third kappa shape index (κ3) is 3.11. The summed E-state index contributed by atoms with van der Waals surface area (Å²) in [6.07, 6.45) is 3.48. The highest BCUT2D eigenvalue weighted by Crippen LogP contribution is 2.41. The Bertz CT molecular complexity index is 881. The highest BCUT2D eigenvalue weighted by Gasteiger charge is 2.49. The number of carbonyl (C=O) groups is 2. The van der Waals surface area contributed by atoms with Crippen LogP contribution >= 0.6 is 0 Å². The topological polar surface area (TPSA) is 66.7 Å². The van der Waals surface area contributed by atoms with Crippen molar-refractivity contribution < 1.29 is 18.4 Å². The summed E-state index contributed by atoms with van der Waals surface area (Å²) in [5, 5.41) is 0. The molecule has 142 valence electrons. The van der Waals surface area contributed by atoms with Crippen molar-refractivity contribution >= 4 is 11.8 Å². The first-order valence-electron chi connectivity index (χ1n) is 9.22. The third-order valence-electron chi connectivity index (χ3n) is 5.72. The summed E-state index contributed by atoms with van der Waals surface area (Å²) in [7, 11) is 0. The van der Waals surface area contributed by atoms with Crippen molar-refractivity contribution in [2.24, 2.45) is 5.41 Å². The molecule has 2 fully saturated rings. The quantitative estimate of drug-likeness (QED) is 0.832. The van der Waals surface area contributed by atoms with E-state index in [1.807, 2.05) is 0 Å². The van der Waals surface area contributed by atoms with E-state index in [4.69, 9.17) is 4.42 Å². The van der Waals surface area contributed by atoms with Crippen LogP contribution in [-0.4, -0.2) is 46.2 Å². The smallest absolute Gasteiger partial charge is 0.291 e. The highest BCUT2D eigenvalue weighted by atomic mass is 19.1. The third-order valence-corrected chi connectivity index (χ3v) is 5.72. The van der Waals surface area contributed by atoms with Gasteiger partial charge in [-0.2, -0.15) is 0 Å². The molecule has 0 aliphatic carbocycles. The number of nitrogens with zero attached hydrogens (tertiary/aromatic N) is 3. The SMILES string of the molecule is Cc1ncoc1C(=O)N1CC[C@]2(CCCN(Cc3ccccc3F)C2=O)C1. The minimum Gasteiger partial charge on any atom is -0.438 e. The Kier molecular flexibility index (Phi) is 4.45. The second kappa shape index (κ2) is 6.79. The van der Waals surface area contributed by atoms with Crippen LogP contribution in [0.2, 0.25) is 0 Å². The van der Waals surface area contributed by atoms with Gasteiger partial charge < -0.3 is 14.2 Å². The number of likely N-dealkylation sites (tertiary alicyclic amines) is 2. The van der Waals surface area contributed by atoms with E-state index in [2.05, 4.69) is 4.98 Å². The number of piperidine rings is 1. The van der Waals surface area contributed by atoms with Gasteiger partial charge in [-0.15, -0.1) is 0 Å². The van der Waals surface area contributed by atoms with E-state index in [9.17, 15) is 14.0 Å². The maximum atomic E-state index is 14.0. The molecule has 2 saturated heterocycles. The van der Waals surface area contributed by atoms with Crippen molar-refractivity contribution in [3.8, 4) is 0 Å². The number of hydrogen-bond donors (Lipinski definition) is 0. The van der Waals surface area contributed by atoms with Gasteiger partial charge in [0.25, 0.3) is 5.91 Å². The van der Waals surface area contributed by atoms with Crippen LogP contribution in [-0.2, 0) is 11.3 Å². The van der Waals surface area contributed by atoms with Crippen molar-refractivity contribution in [3.05, 3.63) is 53.5 Å². The van der Waals surface area contributed by atoms with Crippen LogP contribution in [0.3, 0.4) is 0 Å². The van der Waals surface area contributed by atoms with Gasteiger partial charge >= 0.3 is 0 Å². The molecule has 4 rings (SSSR count). The molecule has 1 spiro atoms. The fourth-order valence-corrected chi connectivity index (χ4v) is 4.21. The van der Waals surface area contributed by atoms with Crippen molar-refractivity contribution in [1.29, 1.82) is 0 Å². The van der Waals surface area contributed by atoms with Crippen LogP contribution in [0.15, 0.2) is 35.1 Å². The molecule has 2 aromatic rings. The minimum atomic E-state index is -0.576. The Morgan fingerprint density at radius 2 is 2.11 bits per heavy atom. The van der Waals surface area contributed by atoms with Gasteiger partial charge in [0.1, 0.15) is 5.82 Å². The number of hydrogen-bond acceptors (Lipinski definition) is 4. The Labute approximate surface area is 157 Å². The van der Waals surface area contributed by atoms with E-state index in [-0.39, 0.29) is 29.9 Å². The molecule has 2 aliphatic rings.